The van der Waals surface area contributed by atoms with E-state index in [-0.39, 0.29) is 0 Å². The SMILES string of the molecule is N#Cc1ccc2c(c1)c1cc(C#N)ccc1n2-c1ccc(-c2c(C#N)c(-n3c4ccccc4c4ccccc43)c(-n3c4ccccc4c4ccccc43)c(-n3c4ccccc4c4ccccc43)c2-c2cc(-c3ccccc3)nc(-c3ccccc3)c2)cc1. The van der Waals surface area contributed by atoms with Crippen molar-refractivity contribution < 1.29 is 0 Å². The molecule has 5 aromatic heterocycles. The number of benzene rings is 12. The van der Waals surface area contributed by atoms with Crippen LogP contribution >= 0.6 is 0 Å². The van der Waals surface area contributed by atoms with Crippen molar-refractivity contribution in [2.45, 2.75) is 0 Å². The zero-order chi connectivity index (χ0) is 58.6. The predicted octanol–water partition coefficient (Wildman–Crippen LogP) is 19.8. The molecule has 17 aromatic rings. The fourth-order valence-corrected chi connectivity index (χ4v) is 13.9. The van der Waals surface area contributed by atoms with Crippen molar-refractivity contribution in [2.24, 2.45) is 0 Å². The first-order valence-electron chi connectivity index (χ1n) is 29.3. The van der Waals surface area contributed by atoms with Crippen LogP contribution in [-0.2, 0) is 0 Å². The summed E-state index contributed by atoms with van der Waals surface area (Å²) in [5, 5.41) is 41.4. The molecular weight excluding hydrogens is 1070 g/mol. The second-order valence-corrected chi connectivity index (χ2v) is 22.3. The number of nitriles is 3. The smallest absolute Gasteiger partial charge is 0.102 e. The van der Waals surface area contributed by atoms with E-state index >= 15 is 0 Å². The molecule has 0 spiro atoms. The maximum atomic E-state index is 12.9. The lowest BCUT2D eigenvalue weighted by atomic mass is 9.85. The van der Waals surface area contributed by atoms with Crippen LogP contribution in [-0.4, -0.2) is 23.3 Å². The Balaban J connectivity index is 1.13. The molecule has 0 unspecified atom stereocenters. The lowest BCUT2D eigenvalue weighted by molar-refractivity contribution is 1.05. The summed E-state index contributed by atoms with van der Waals surface area (Å²) in [6.45, 7) is 0. The highest BCUT2D eigenvalue weighted by Crippen LogP contribution is 2.53. The Hall–Kier alpha value is -12.5. The van der Waals surface area contributed by atoms with E-state index < -0.39 is 0 Å². The molecule has 0 aliphatic heterocycles. The molecule has 0 aliphatic rings. The summed E-state index contributed by atoms with van der Waals surface area (Å²) in [5.74, 6) is 0. The first-order valence-corrected chi connectivity index (χ1v) is 29.3. The van der Waals surface area contributed by atoms with Gasteiger partial charge in [0.15, 0.2) is 0 Å². The van der Waals surface area contributed by atoms with Gasteiger partial charge in [0.05, 0.1) is 101 Å². The second-order valence-electron chi connectivity index (χ2n) is 22.3. The van der Waals surface area contributed by atoms with Crippen LogP contribution in [0.5, 0.6) is 0 Å². The minimum atomic E-state index is 0.472. The van der Waals surface area contributed by atoms with Crippen LogP contribution in [0.15, 0.2) is 279 Å². The highest BCUT2D eigenvalue weighted by Gasteiger charge is 2.34. The predicted molar refractivity (Wildman–Crippen MR) is 357 cm³/mol. The van der Waals surface area contributed by atoms with Crippen LogP contribution in [0.1, 0.15) is 16.7 Å². The van der Waals surface area contributed by atoms with Crippen LogP contribution < -0.4 is 0 Å². The van der Waals surface area contributed by atoms with Crippen molar-refractivity contribution in [1.29, 1.82) is 15.8 Å². The fraction of sp³-hybridized carbons (Fsp3) is 0. The van der Waals surface area contributed by atoms with Gasteiger partial charge in [-0.05, 0) is 108 Å². The molecule has 17 rings (SSSR count). The highest BCUT2D eigenvalue weighted by molar-refractivity contribution is 6.17. The van der Waals surface area contributed by atoms with E-state index in [1.54, 1.807) is 0 Å². The summed E-state index contributed by atoms with van der Waals surface area (Å²) >= 11 is 0. The lowest BCUT2D eigenvalue weighted by Crippen LogP contribution is -2.14. The average molecular weight is 1120 g/mol. The Bertz CT molecular complexity index is 5610. The van der Waals surface area contributed by atoms with Crippen LogP contribution in [0.4, 0.5) is 0 Å². The third kappa shape index (κ3) is 7.45. The highest BCUT2D eigenvalue weighted by atomic mass is 15.1. The largest absolute Gasteiger partial charge is 0.309 e. The molecule has 5 heterocycles. The Morgan fingerprint density at radius 2 is 0.602 bits per heavy atom. The molecule has 0 saturated heterocycles. The molecule has 12 aromatic carbocycles. The first kappa shape index (κ1) is 50.0. The topological polar surface area (TPSA) is 104 Å². The van der Waals surface area contributed by atoms with Crippen molar-refractivity contribution in [1.82, 2.24) is 23.3 Å². The van der Waals surface area contributed by atoms with Gasteiger partial charge in [-0.3, -0.25) is 0 Å². The maximum Gasteiger partial charge on any atom is 0.102 e. The van der Waals surface area contributed by atoms with E-state index in [4.69, 9.17) is 4.98 Å². The molecule has 0 aliphatic carbocycles. The number of hydrogen-bond donors (Lipinski definition) is 0. The van der Waals surface area contributed by atoms with Gasteiger partial charge >= 0.3 is 0 Å². The summed E-state index contributed by atoms with van der Waals surface area (Å²) in [4.78, 5) is 5.51. The molecule has 406 valence electrons. The normalized spacial score (nSPS) is 11.6. The molecule has 88 heavy (non-hydrogen) atoms. The number of hydrogen-bond acceptors (Lipinski definition) is 4. The number of rotatable bonds is 8. The van der Waals surface area contributed by atoms with E-state index in [0.717, 1.165) is 155 Å². The number of nitrogens with zero attached hydrogens (tertiary/aromatic N) is 8. The Morgan fingerprint density at radius 3 is 0.989 bits per heavy atom. The molecule has 0 radical (unpaired) electrons. The summed E-state index contributed by atoms with van der Waals surface area (Å²) in [6.07, 6.45) is 0. The van der Waals surface area contributed by atoms with Crippen molar-refractivity contribution in [2.75, 3.05) is 0 Å². The van der Waals surface area contributed by atoms with Crippen molar-refractivity contribution in [3.05, 3.63) is 296 Å². The monoisotopic (exact) mass is 1120 g/mol. The summed E-state index contributed by atoms with van der Waals surface area (Å²) in [5.41, 5.74) is 19.2. The maximum absolute atomic E-state index is 12.9. The second kappa shape index (κ2) is 19.8. The molecule has 0 atom stereocenters. The van der Waals surface area contributed by atoms with Crippen LogP contribution in [0, 0.1) is 34.0 Å². The van der Waals surface area contributed by atoms with Gasteiger partial charge in [0.25, 0.3) is 0 Å². The quantitative estimate of drug-likeness (QED) is 0.151. The van der Waals surface area contributed by atoms with Gasteiger partial charge in [0.1, 0.15) is 6.07 Å². The van der Waals surface area contributed by atoms with Crippen molar-refractivity contribution in [3.8, 4) is 85.7 Å². The van der Waals surface area contributed by atoms with Gasteiger partial charge in [-0.1, -0.05) is 182 Å². The number of para-hydroxylation sites is 6. The van der Waals surface area contributed by atoms with Gasteiger partial charge in [-0.2, -0.15) is 15.8 Å². The zero-order valence-electron chi connectivity index (χ0n) is 47.1. The van der Waals surface area contributed by atoms with Gasteiger partial charge < -0.3 is 18.3 Å². The van der Waals surface area contributed by atoms with Gasteiger partial charge in [-0.25, -0.2) is 4.98 Å². The molecule has 0 fully saturated rings. The Labute approximate surface area is 505 Å². The molecule has 0 amide bonds. The molecule has 0 saturated carbocycles. The Morgan fingerprint density at radius 1 is 0.250 bits per heavy atom. The summed E-state index contributed by atoms with van der Waals surface area (Å²) < 4.78 is 9.43. The molecule has 0 N–H and O–H groups in total. The minimum absolute atomic E-state index is 0.472. The van der Waals surface area contributed by atoms with Crippen molar-refractivity contribution in [3.63, 3.8) is 0 Å². The standard InChI is InChI=1S/C80H46N8/c81-47-50-35-41-74-63(43-50)64-44-51(48-82)36-42-75(64)85(74)56-39-37-54(38-40-56)76-65(49-83)78(86-68-29-13-7-23-57(68)58-24-8-14-30-69(58)86)80(88-72-33-17-11-27-61(72)62-28-12-18-34-73(62)88)79(87-70-31-15-9-25-59(70)60-26-10-16-32-71(60)87)77(76)55-45-66(52-19-3-1-4-20-52)84-67(46-55)53-21-5-2-6-22-53/h1-46H. The van der Waals surface area contributed by atoms with E-state index in [0.29, 0.717) is 16.7 Å². The van der Waals surface area contributed by atoms with Gasteiger partial charge in [0.2, 0.25) is 0 Å². The summed E-state index contributed by atoms with van der Waals surface area (Å²) in [7, 11) is 0. The first-order chi connectivity index (χ1) is 43.6. The summed E-state index contributed by atoms with van der Waals surface area (Å²) in [6, 6.07) is 105. The van der Waals surface area contributed by atoms with E-state index in [1.165, 1.54) is 0 Å². The number of pyridine rings is 1. The average Bonchev–Trinajstić information content (AvgIpc) is 1.60. The lowest BCUT2D eigenvalue weighted by Gasteiger charge is -2.29. The minimum Gasteiger partial charge on any atom is -0.309 e. The Kier molecular flexibility index (Phi) is 11.3. The van der Waals surface area contributed by atoms with Crippen LogP contribution in [0.2, 0.25) is 0 Å². The van der Waals surface area contributed by atoms with Crippen LogP contribution in [0.25, 0.3) is 155 Å². The molecular formula is C80H46N8. The van der Waals surface area contributed by atoms with Crippen molar-refractivity contribution >= 4 is 87.2 Å². The number of aromatic nitrogens is 5. The molecule has 0 bridgehead atoms. The van der Waals surface area contributed by atoms with Gasteiger partial charge in [0, 0.05) is 71.0 Å². The van der Waals surface area contributed by atoms with Gasteiger partial charge in [-0.15, -0.1) is 0 Å². The molecule has 8 nitrogen and oxygen atoms in total. The van der Waals surface area contributed by atoms with E-state index in [1.807, 2.05) is 48.5 Å². The van der Waals surface area contributed by atoms with Crippen LogP contribution in [0.3, 0.4) is 0 Å². The number of fused-ring (bicyclic) bond motifs is 12. The van der Waals surface area contributed by atoms with E-state index in [9.17, 15) is 15.8 Å². The fourth-order valence-electron chi connectivity index (χ4n) is 13.9. The third-order valence-corrected chi connectivity index (χ3v) is 17.6. The van der Waals surface area contributed by atoms with E-state index in [2.05, 4.69) is 267 Å². The molecule has 8 heteroatoms. The third-order valence-electron chi connectivity index (χ3n) is 17.6. The zero-order valence-corrected chi connectivity index (χ0v) is 47.1.